The summed E-state index contributed by atoms with van der Waals surface area (Å²) in [7, 11) is 0. The molecule has 0 spiro atoms. The molecule has 3 heteroatoms. The van der Waals surface area contributed by atoms with Crippen LogP contribution in [0.2, 0.25) is 0 Å². The second-order valence-electron chi connectivity index (χ2n) is 3.45. The van der Waals surface area contributed by atoms with E-state index in [-0.39, 0.29) is 0 Å². The summed E-state index contributed by atoms with van der Waals surface area (Å²) in [5, 5.41) is 0. The Morgan fingerprint density at radius 3 is 2.64 bits per heavy atom. The van der Waals surface area contributed by atoms with Gasteiger partial charge in [-0.1, -0.05) is 6.07 Å². The molecule has 2 rings (SSSR count). The standard InChI is InChI=1S/C11H13N3/c1-8-3-4-10(5-11(8)12)14-7-13-6-9(14)2/h3-7H,12H2,1-2H3. The summed E-state index contributed by atoms with van der Waals surface area (Å²) in [6.07, 6.45) is 3.62. The molecule has 1 heterocycles. The van der Waals surface area contributed by atoms with Crippen molar-refractivity contribution in [2.45, 2.75) is 13.8 Å². The average molecular weight is 187 g/mol. The Hall–Kier alpha value is -1.77. The molecule has 0 saturated carbocycles. The third kappa shape index (κ3) is 1.37. The molecule has 0 radical (unpaired) electrons. The van der Waals surface area contributed by atoms with Crippen LogP contribution >= 0.6 is 0 Å². The van der Waals surface area contributed by atoms with Gasteiger partial charge in [0.1, 0.15) is 0 Å². The van der Waals surface area contributed by atoms with Crippen LogP contribution in [0.3, 0.4) is 0 Å². The van der Waals surface area contributed by atoms with Crippen LogP contribution in [0, 0.1) is 13.8 Å². The Morgan fingerprint density at radius 2 is 2.07 bits per heavy atom. The summed E-state index contributed by atoms with van der Waals surface area (Å²) in [5.74, 6) is 0. The number of aromatic nitrogens is 2. The highest BCUT2D eigenvalue weighted by Crippen LogP contribution is 2.17. The number of nitrogen functional groups attached to an aromatic ring is 1. The van der Waals surface area contributed by atoms with E-state index in [1.165, 1.54) is 0 Å². The molecule has 0 aliphatic carbocycles. The van der Waals surface area contributed by atoms with Crippen molar-refractivity contribution >= 4 is 5.69 Å². The van der Waals surface area contributed by atoms with Gasteiger partial charge in [-0.05, 0) is 31.5 Å². The molecule has 14 heavy (non-hydrogen) atoms. The summed E-state index contributed by atoms with van der Waals surface area (Å²) in [6.45, 7) is 4.02. The van der Waals surface area contributed by atoms with Crippen LogP contribution in [0.5, 0.6) is 0 Å². The minimum atomic E-state index is 0.815. The van der Waals surface area contributed by atoms with E-state index in [1.807, 2.05) is 42.8 Å². The van der Waals surface area contributed by atoms with E-state index in [1.54, 1.807) is 6.33 Å². The normalized spacial score (nSPS) is 10.4. The molecular weight excluding hydrogens is 174 g/mol. The van der Waals surface area contributed by atoms with E-state index < -0.39 is 0 Å². The Morgan fingerprint density at radius 1 is 1.29 bits per heavy atom. The van der Waals surface area contributed by atoms with Crippen LogP contribution in [0.15, 0.2) is 30.7 Å². The highest BCUT2D eigenvalue weighted by molar-refractivity contribution is 5.53. The Bertz CT molecular complexity index is 457. The van der Waals surface area contributed by atoms with Crippen LogP contribution in [-0.2, 0) is 0 Å². The largest absolute Gasteiger partial charge is 0.398 e. The predicted octanol–water partition coefficient (Wildman–Crippen LogP) is 2.07. The fourth-order valence-electron chi connectivity index (χ4n) is 1.41. The van der Waals surface area contributed by atoms with Crippen molar-refractivity contribution in [1.29, 1.82) is 0 Å². The van der Waals surface area contributed by atoms with E-state index in [2.05, 4.69) is 4.98 Å². The van der Waals surface area contributed by atoms with E-state index >= 15 is 0 Å². The van der Waals surface area contributed by atoms with Crippen molar-refractivity contribution in [3.8, 4) is 5.69 Å². The first-order valence-corrected chi connectivity index (χ1v) is 4.54. The number of aryl methyl sites for hydroxylation is 2. The summed E-state index contributed by atoms with van der Waals surface area (Å²) in [5.41, 5.74) is 9.92. The maximum Gasteiger partial charge on any atom is 0.0994 e. The molecule has 0 fully saturated rings. The van der Waals surface area contributed by atoms with E-state index in [0.717, 1.165) is 22.6 Å². The predicted molar refractivity (Wildman–Crippen MR) is 57.5 cm³/mol. The van der Waals surface area contributed by atoms with Crippen molar-refractivity contribution in [3.63, 3.8) is 0 Å². The first-order valence-electron chi connectivity index (χ1n) is 4.54. The zero-order chi connectivity index (χ0) is 10.1. The van der Waals surface area contributed by atoms with E-state index in [0.29, 0.717) is 0 Å². The highest BCUT2D eigenvalue weighted by Gasteiger charge is 2.01. The Labute approximate surface area is 83.2 Å². The summed E-state index contributed by atoms with van der Waals surface area (Å²) in [6, 6.07) is 6.02. The van der Waals surface area contributed by atoms with Crippen molar-refractivity contribution in [2.75, 3.05) is 5.73 Å². The molecule has 0 amide bonds. The lowest BCUT2D eigenvalue weighted by Crippen LogP contribution is -1.97. The fraction of sp³-hybridized carbons (Fsp3) is 0.182. The van der Waals surface area contributed by atoms with Gasteiger partial charge in [0, 0.05) is 23.3 Å². The van der Waals surface area contributed by atoms with Crippen molar-refractivity contribution < 1.29 is 0 Å². The van der Waals surface area contributed by atoms with Gasteiger partial charge in [0.15, 0.2) is 0 Å². The molecule has 0 aliphatic heterocycles. The number of imidazole rings is 1. The lowest BCUT2D eigenvalue weighted by Gasteiger charge is -2.07. The topological polar surface area (TPSA) is 43.8 Å². The smallest absolute Gasteiger partial charge is 0.0994 e. The number of nitrogens with zero attached hydrogens (tertiary/aromatic N) is 2. The minimum absolute atomic E-state index is 0.815. The number of anilines is 1. The van der Waals surface area contributed by atoms with Gasteiger partial charge in [-0.2, -0.15) is 0 Å². The van der Waals surface area contributed by atoms with Gasteiger partial charge in [0.2, 0.25) is 0 Å². The first-order chi connectivity index (χ1) is 6.68. The fourth-order valence-corrected chi connectivity index (χ4v) is 1.41. The van der Waals surface area contributed by atoms with E-state index in [9.17, 15) is 0 Å². The van der Waals surface area contributed by atoms with Crippen molar-refractivity contribution in [1.82, 2.24) is 9.55 Å². The molecule has 72 valence electrons. The lowest BCUT2D eigenvalue weighted by atomic mass is 10.2. The SMILES string of the molecule is Cc1ccc(-n2cncc2C)cc1N. The maximum absolute atomic E-state index is 5.84. The van der Waals surface area contributed by atoms with Crippen LogP contribution in [0.4, 0.5) is 5.69 Å². The maximum atomic E-state index is 5.84. The zero-order valence-electron chi connectivity index (χ0n) is 8.36. The average Bonchev–Trinajstić information content (AvgIpc) is 2.57. The van der Waals surface area contributed by atoms with E-state index in [4.69, 9.17) is 5.73 Å². The molecule has 0 saturated heterocycles. The third-order valence-corrected chi connectivity index (χ3v) is 2.36. The molecular formula is C11H13N3. The molecule has 0 atom stereocenters. The van der Waals surface area contributed by atoms with Crippen LogP contribution in [-0.4, -0.2) is 9.55 Å². The third-order valence-electron chi connectivity index (χ3n) is 2.36. The summed E-state index contributed by atoms with van der Waals surface area (Å²) in [4.78, 5) is 4.07. The Kier molecular flexibility index (Phi) is 2.00. The quantitative estimate of drug-likeness (QED) is 0.694. The highest BCUT2D eigenvalue weighted by atomic mass is 15.0. The number of benzene rings is 1. The van der Waals surface area contributed by atoms with Crippen LogP contribution < -0.4 is 5.73 Å². The minimum Gasteiger partial charge on any atom is -0.398 e. The first kappa shape index (κ1) is 8.81. The number of hydrogen-bond donors (Lipinski definition) is 1. The number of hydrogen-bond acceptors (Lipinski definition) is 2. The van der Waals surface area contributed by atoms with Gasteiger partial charge in [-0.25, -0.2) is 4.98 Å². The zero-order valence-corrected chi connectivity index (χ0v) is 8.36. The molecule has 0 unspecified atom stereocenters. The van der Waals surface area contributed by atoms with Gasteiger partial charge >= 0.3 is 0 Å². The summed E-state index contributed by atoms with van der Waals surface area (Å²) < 4.78 is 2.01. The second-order valence-corrected chi connectivity index (χ2v) is 3.45. The molecule has 0 bridgehead atoms. The summed E-state index contributed by atoms with van der Waals surface area (Å²) >= 11 is 0. The molecule has 2 N–H and O–H groups in total. The molecule has 1 aromatic heterocycles. The van der Waals surface area contributed by atoms with Crippen molar-refractivity contribution in [3.05, 3.63) is 42.0 Å². The van der Waals surface area contributed by atoms with Crippen LogP contribution in [0.25, 0.3) is 5.69 Å². The number of nitrogens with two attached hydrogens (primary N) is 1. The van der Waals surface area contributed by atoms with Gasteiger partial charge in [0.05, 0.1) is 6.33 Å². The van der Waals surface area contributed by atoms with Gasteiger partial charge in [0.25, 0.3) is 0 Å². The number of rotatable bonds is 1. The van der Waals surface area contributed by atoms with Crippen molar-refractivity contribution in [2.24, 2.45) is 0 Å². The monoisotopic (exact) mass is 187 g/mol. The van der Waals surface area contributed by atoms with Gasteiger partial charge in [-0.15, -0.1) is 0 Å². The Balaban J connectivity index is 2.53. The molecule has 1 aromatic carbocycles. The lowest BCUT2D eigenvalue weighted by molar-refractivity contribution is 1.00. The van der Waals surface area contributed by atoms with Crippen LogP contribution in [0.1, 0.15) is 11.3 Å². The van der Waals surface area contributed by atoms with Gasteiger partial charge < -0.3 is 10.3 Å². The molecule has 3 nitrogen and oxygen atoms in total. The second kappa shape index (κ2) is 3.18. The molecule has 0 aliphatic rings. The van der Waals surface area contributed by atoms with Gasteiger partial charge in [-0.3, -0.25) is 0 Å². The molecule has 2 aromatic rings.